The number of nitrogens with one attached hydrogen (secondary N) is 2. The van der Waals surface area contributed by atoms with Crippen molar-refractivity contribution >= 4 is 17.5 Å². The molecule has 1 saturated heterocycles. The maximum atomic E-state index is 11.7. The molecule has 0 bridgehead atoms. The van der Waals surface area contributed by atoms with Crippen molar-refractivity contribution in [2.45, 2.75) is 19.4 Å². The van der Waals surface area contributed by atoms with Crippen LogP contribution in [0.1, 0.15) is 12.0 Å². The van der Waals surface area contributed by atoms with Crippen molar-refractivity contribution in [2.75, 3.05) is 18.5 Å². The molecule has 0 aromatic heterocycles. The van der Waals surface area contributed by atoms with Gasteiger partial charge in [-0.2, -0.15) is 0 Å². The summed E-state index contributed by atoms with van der Waals surface area (Å²) in [6.45, 7) is 2.94. The van der Waals surface area contributed by atoms with Crippen LogP contribution in [-0.2, 0) is 14.3 Å². The lowest BCUT2D eigenvalue weighted by Crippen LogP contribution is -2.45. The van der Waals surface area contributed by atoms with Gasteiger partial charge in [-0.1, -0.05) is 17.7 Å². The second kappa shape index (κ2) is 5.64. The van der Waals surface area contributed by atoms with Crippen molar-refractivity contribution in [2.24, 2.45) is 0 Å². The summed E-state index contributed by atoms with van der Waals surface area (Å²) in [4.78, 5) is 23.2. The summed E-state index contributed by atoms with van der Waals surface area (Å²) in [7, 11) is 0. The van der Waals surface area contributed by atoms with E-state index >= 15 is 0 Å². The standard InChI is InChI=1S/C13H16N2O3/c1-9-2-4-10(5-3-9)15-12(16)8-11-13(17)14-6-7-18-11/h2-5,11H,6-8H2,1H3,(H,14,17)(H,15,16)/t11-/m0/s1. The zero-order valence-electron chi connectivity index (χ0n) is 10.2. The third-order valence-electron chi connectivity index (χ3n) is 2.72. The van der Waals surface area contributed by atoms with E-state index < -0.39 is 6.10 Å². The summed E-state index contributed by atoms with van der Waals surface area (Å²) in [6.07, 6.45) is -0.635. The monoisotopic (exact) mass is 248 g/mol. The lowest BCUT2D eigenvalue weighted by molar-refractivity contribution is -0.141. The van der Waals surface area contributed by atoms with E-state index in [-0.39, 0.29) is 18.2 Å². The van der Waals surface area contributed by atoms with Gasteiger partial charge in [-0.25, -0.2) is 0 Å². The first-order chi connectivity index (χ1) is 8.65. The molecule has 1 fully saturated rings. The topological polar surface area (TPSA) is 67.4 Å². The number of anilines is 1. The van der Waals surface area contributed by atoms with E-state index in [2.05, 4.69) is 10.6 Å². The van der Waals surface area contributed by atoms with E-state index in [0.717, 1.165) is 11.3 Å². The maximum absolute atomic E-state index is 11.7. The Morgan fingerprint density at radius 3 is 2.83 bits per heavy atom. The summed E-state index contributed by atoms with van der Waals surface area (Å²) in [5.41, 5.74) is 1.85. The maximum Gasteiger partial charge on any atom is 0.249 e. The quantitative estimate of drug-likeness (QED) is 0.833. The zero-order chi connectivity index (χ0) is 13.0. The smallest absolute Gasteiger partial charge is 0.249 e. The summed E-state index contributed by atoms with van der Waals surface area (Å²) in [6, 6.07) is 7.49. The molecular weight excluding hydrogens is 232 g/mol. The van der Waals surface area contributed by atoms with Gasteiger partial charge in [0.05, 0.1) is 13.0 Å². The second-order valence-corrected chi connectivity index (χ2v) is 4.27. The molecule has 1 aromatic rings. The zero-order valence-corrected chi connectivity index (χ0v) is 10.2. The minimum Gasteiger partial charge on any atom is -0.366 e. The molecule has 18 heavy (non-hydrogen) atoms. The largest absolute Gasteiger partial charge is 0.366 e. The molecule has 2 N–H and O–H groups in total. The molecule has 0 radical (unpaired) electrons. The predicted molar refractivity (Wildman–Crippen MR) is 67.2 cm³/mol. The number of rotatable bonds is 3. The number of carbonyl (C=O) groups excluding carboxylic acids is 2. The fraction of sp³-hybridized carbons (Fsp3) is 0.385. The lowest BCUT2D eigenvalue weighted by Gasteiger charge is -2.22. The molecule has 1 aliphatic rings. The second-order valence-electron chi connectivity index (χ2n) is 4.27. The van der Waals surface area contributed by atoms with Crippen molar-refractivity contribution < 1.29 is 14.3 Å². The highest BCUT2D eigenvalue weighted by Gasteiger charge is 2.25. The van der Waals surface area contributed by atoms with E-state index in [0.29, 0.717) is 13.2 Å². The van der Waals surface area contributed by atoms with Gasteiger partial charge in [-0.15, -0.1) is 0 Å². The minimum atomic E-state index is -0.677. The first kappa shape index (κ1) is 12.6. The highest BCUT2D eigenvalue weighted by atomic mass is 16.5. The van der Waals surface area contributed by atoms with Crippen LogP contribution in [0.15, 0.2) is 24.3 Å². The summed E-state index contributed by atoms with van der Waals surface area (Å²) in [5.74, 6) is -0.443. The van der Waals surface area contributed by atoms with Crippen LogP contribution in [0.25, 0.3) is 0 Å². The summed E-state index contributed by atoms with van der Waals surface area (Å²) < 4.78 is 5.24. The molecular formula is C13H16N2O3. The van der Waals surface area contributed by atoms with Crippen LogP contribution < -0.4 is 10.6 Å². The van der Waals surface area contributed by atoms with Gasteiger partial charge in [0.15, 0.2) is 0 Å². The molecule has 5 heteroatoms. The number of carbonyl (C=O) groups is 2. The number of morpholine rings is 1. The fourth-order valence-electron chi connectivity index (χ4n) is 1.73. The predicted octanol–water partition coefficient (Wildman–Crippen LogP) is 0.839. The number of amides is 2. The SMILES string of the molecule is Cc1ccc(NC(=O)C[C@@H]2OCCNC2=O)cc1. The van der Waals surface area contributed by atoms with Crippen LogP contribution in [-0.4, -0.2) is 31.1 Å². The average molecular weight is 248 g/mol. The van der Waals surface area contributed by atoms with Gasteiger partial charge in [0, 0.05) is 12.2 Å². The van der Waals surface area contributed by atoms with Crippen LogP contribution in [0.3, 0.4) is 0 Å². The van der Waals surface area contributed by atoms with Crippen molar-refractivity contribution in [3.8, 4) is 0 Å². The Kier molecular flexibility index (Phi) is 3.94. The lowest BCUT2D eigenvalue weighted by atomic mass is 10.2. The molecule has 0 saturated carbocycles. The number of ether oxygens (including phenoxy) is 1. The van der Waals surface area contributed by atoms with Crippen LogP contribution in [0.2, 0.25) is 0 Å². The first-order valence-corrected chi connectivity index (χ1v) is 5.91. The van der Waals surface area contributed by atoms with Crippen LogP contribution in [0, 0.1) is 6.92 Å². The van der Waals surface area contributed by atoms with Crippen molar-refractivity contribution in [3.63, 3.8) is 0 Å². The van der Waals surface area contributed by atoms with E-state index in [1.54, 1.807) is 0 Å². The van der Waals surface area contributed by atoms with Gasteiger partial charge in [-0.05, 0) is 19.1 Å². The minimum absolute atomic E-state index is 0.0414. The Morgan fingerprint density at radius 2 is 2.17 bits per heavy atom. The van der Waals surface area contributed by atoms with Gasteiger partial charge in [-0.3, -0.25) is 9.59 Å². The molecule has 1 aliphatic heterocycles. The van der Waals surface area contributed by atoms with Gasteiger partial charge in [0.25, 0.3) is 0 Å². The van der Waals surface area contributed by atoms with Crippen molar-refractivity contribution in [1.82, 2.24) is 5.32 Å². The molecule has 1 heterocycles. The molecule has 0 spiro atoms. The molecule has 96 valence electrons. The molecule has 5 nitrogen and oxygen atoms in total. The van der Waals surface area contributed by atoms with Crippen LogP contribution >= 0.6 is 0 Å². The highest BCUT2D eigenvalue weighted by molar-refractivity contribution is 5.95. The van der Waals surface area contributed by atoms with Crippen molar-refractivity contribution in [1.29, 1.82) is 0 Å². The van der Waals surface area contributed by atoms with E-state index in [1.807, 2.05) is 31.2 Å². The Labute approximate surface area is 106 Å². The number of hydrogen-bond donors (Lipinski definition) is 2. The van der Waals surface area contributed by atoms with Crippen molar-refractivity contribution in [3.05, 3.63) is 29.8 Å². The Morgan fingerprint density at radius 1 is 1.44 bits per heavy atom. The van der Waals surface area contributed by atoms with Crippen LogP contribution in [0.4, 0.5) is 5.69 Å². The van der Waals surface area contributed by atoms with E-state index in [1.165, 1.54) is 0 Å². The van der Waals surface area contributed by atoms with E-state index in [4.69, 9.17) is 4.74 Å². The Hall–Kier alpha value is -1.88. The number of hydrogen-bond acceptors (Lipinski definition) is 3. The Balaban J connectivity index is 1.88. The molecule has 0 unspecified atom stereocenters. The normalized spacial score (nSPS) is 19.2. The highest BCUT2D eigenvalue weighted by Crippen LogP contribution is 2.10. The van der Waals surface area contributed by atoms with Gasteiger partial charge in [0.1, 0.15) is 6.10 Å². The fourth-order valence-corrected chi connectivity index (χ4v) is 1.73. The third-order valence-corrected chi connectivity index (χ3v) is 2.72. The molecule has 2 amide bonds. The number of aryl methyl sites for hydroxylation is 1. The van der Waals surface area contributed by atoms with Gasteiger partial charge < -0.3 is 15.4 Å². The molecule has 2 rings (SSSR count). The molecule has 1 aromatic carbocycles. The average Bonchev–Trinajstić information content (AvgIpc) is 2.35. The Bertz CT molecular complexity index is 442. The third kappa shape index (κ3) is 3.30. The summed E-state index contributed by atoms with van der Waals surface area (Å²) >= 11 is 0. The number of benzene rings is 1. The molecule has 0 aliphatic carbocycles. The van der Waals surface area contributed by atoms with Gasteiger partial charge >= 0.3 is 0 Å². The molecule has 1 atom stereocenters. The first-order valence-electron chi connectivity index (χ1n) is 5.91. The van der Waals surface area contributed by atoms with Gasteiger partial charge in [0.2, 0.25) is 11.8 Å². The summed E-state index contributed by atoms with van der Waals surface area (Å²) in [5, 5.41) is 5.40. The van der Waals surface area contributed by atoms with Crippen LogP contribution in [0.5, 0.6) is 0 Å². The van der Waals surface area contributed by atoms with E-state index in [9.17, 15) is 9.59 Å².